The van der Waals surface area contributed by atoms with Crippen LogP contribution in [0.15, 0.2) is 66.9 Å². The summed E-state index contributed by atoms with van der Waals surface area (Å²) < 4.78 is 0. The lowest BCUT2D eigenvalue weighted by molar-refractivity contribution is -0.138. The Labute approximate surface area is 182 Å². The minimum Gasteiger partial charge on any atom is -0.352 e. The van der Waals surface area contributed by atoms with E-state index in [0.717, 1.165) is 29.7 Å². The quantitative estimate of drug-likeness (QED) is 0.589. The van der Waals surface area contributed by atoms with Gasteiger partial charge in [0.15, 0.2) is 0 Å². The predicted molar refractivity (Wildman–Crippen MR) is 120 cm³/mol. The molecular formula is C25H28N4O2. The second-order valence-electron chi connectivity index (χ2n) is 8.02. The van der Waals surface area contributed by atoms with Crippen LogP contribution in [0, 0.1) is 5.92 Å². The van der Waals surface area contributed by atoms with Crippen LogP contribution >= 0.6 is 0 Å². The summed E-state index contributed by atoms with van der Waals surface area (Å²) in [6, 6.07) is 20.2. The highest BCUT2D eigenvalue weighted by Gasteiger charge is 2.29. The van der Waals surface area contributed by atoms with Gasteiger partial charge in [0.2, 0.25) is 11.8 Å². The summed E-state index contributed by atoms with van der Waals surface area (Å²) in [6.07, 6.45) is 4.63. The maximum atomic E-state index is 12.8. The van der Waals surface area contributed by atoms with Crippen LogP contribution in [-0.2, 0) is 22.6 Å². The number of benzene rings is 2. The number of amides is 2. The van der Waals surface area contributed by atoms with E-state index in [1.807, 2.05) is 53.4 Å². The van der Waals surface area contributed by atoms with Gasteiger partial charge >= 0.3 is 0 Å². The first kappa shape index (κ1) is 20.8. The Morgan fingerprint density at radius 1 is 1.10 bits per heavy atom. The van der Waals surface area contributed by atoms with E-state index in [1.54, 1.807) is 6.20 Å². The number of carbonyl (C=O) groups is 2. The zero-order valence-corrected chi connectivity index (χ0v) is 17.6. The number of carbonyl (C=O) groups excluding carboxylic acids is 2. The molecule has 4 rings (SSSR count). The maximum Gasteiger partial charge on any atom is 0.225 e. The molecule has 2 aromatic carbocycles. The van der Waals surface area contributed by atoms with Crippen molar-refractivity contribution in [3.05, 3.63) is 78.0 Å². The van der Waals surface area contributed by atoms with E-state index in [-0.39, 0.29) is 17.7 Å². The Bertz CT molecular complexity index is 1000. The third-order valence-electron chi connectivity index (χ3n) is 5.84. The molecule has 2 amide bonds. The van der Waals surface area contributed by atoms with Gasteiger partial charge in [0.25, 0.3) is 0 Å². The van der Waals surface area contributed by atoms with Crippen molar-refractivity contribution in [2.75, 3.05) is 13.1 Å². The van der Waals surface area contributed by atoms with E-state index in [1.165, 1.54) is 5.56 Å². The number of rotatable bonds is 8. The standard InChI is InChI=1S/C25H28N4O2/c30-23-14-13-21(18-29(23)15-7-10-19-8-3-1-4-9-19)25(31)26-16-22-17-27-28-24(22)20-11-5-2-6-12-20/h1-6,8-9,11-12,17,21H,7,10,13-16,18H2,(H,26,31)(H,27,28). The highest BCUT2D eigenvalue weighted by Crippen LogP contribution is 2.22. The summed E-state index contributed by atoms with van der Waals surface area (Å²) in [5.41, 5.74) is 4.18. The van der Waals surface area contributed by atoms with Crippen molar-refractivity contribution in [3.63, 3.8) is 0 Å². The first-order valence-electron chi connectivity index (χ1n) is 10.9. The van der Waals surface area contributed by atoms with Crippen molar-refractivity contribution in [2.45, 2.75) is 32.2 Å². The monoisotopic (exact) mass is 416 g/mol. The minimum atomic E-state index is -0.165. The van der Waals surface area contributed by atoms with Crippen LogP contribution in [0.1, 0.15) is 30.4 Å². The van der Waals surface area contributed by atoms with Gasteiger partial charge in [-0.3, -0.25) is 14.7 Å². The first-order chi connectivity index (χ1) is 15.2. The largest absolute Gasteiger partial charge is 0.352 e. The normalized spacial score (nSPS) is 16.3. The van der Waals surface area contributed by atoms with Gasteiger partial charge in [-0.05, 0) is 30.4 Å². The molecule has 1 aliphatic heterocycles. The van der Waals surface area contributed by atoms with Crippen molar-refractivity contribution in [2.24, 2.45) is 5.92 Å². The molecule has 6 heteroatoms. The molecule has 1 saturated heterocycles. The summed E-state index contributed by atoms with van der Waals surface area (Å²) in [5.74, 6) is -0.0133. The number of hydrogen-bond donors (Lipinski definition) is 2. The van der Waals surface area contributed by atoms with Gasteiger partial charge in [0, 0.05) is 31.6 Å². The average Bonchev–Trinajstić information content (AvgIpc) is 3.29. The lowest BCUT2D eigenvalue weighted by atomic mass is 9.96. The maximum absolute atomic E-state index is 12.8. The average molecular weight is 417 g/mol. The second kappa shape index (κ2) is 10.1. The molecule has 1 unspecified atom stereocenters. The van der Waals surface area contributed by atoms with Crippen LogP contribution in [0.3, 0.4) is 0 Å². The van der Waals surface area contributed by atoms with E-state index in [0.29, 0.717) is 32.5 Å². The Hall–Kier alpha value is -3.41. The molecule has 2 N–H and O–H groups in total. The van der Waals surface area contributed by atoms with Gasteiger partial charge < -0.3 is 10.2 Å². The van der Waals surface area contributed by atoms with Crippen molar-refractivity contribution in [1.29, 1.82) is 0 Å². The van der Waals surface area contributed by atoms with Gasteiger partial charge in [-0.2, -0.15) is 5.10 Å². The second-order valence-corrected chi connectivity index (χ2v) is 8.02. The number of piperidine rings is 1. The predicted octanol–water partition coefficient (Wildman–Crippen LogP) is 3.56. The van der Waals surface area contributed by atoms with Gasteiger partial charge in [0.1, 0.15) is 0 Å². The van der Waals surface area contributed by atoms with Gasteiger partial charge in [0.05, 0.1) is 17.8 Å². The molecule has 6 nitrogen and oxygen atoms in total. The summed E-state index contributed by atoms with van der Waals surface area (Å²) in [5, 5.41) is 10.2. The third-order valence-corrected chi connectivity index (χ3v) is 5.84. The molecule has 0 spiro atoms. The number of aromatic nitrogens is 2. The van der Waals surface area contributed by atoms with Crippen LogP contribution in [0.2, 0.25) is 0 Å². The number of aromatic amines is 1. The van der Waals surface area contributed by atoms with Crippen LogP contribution in [0.4, 0.5) is 0 Å². The summed E-state index contributed by atoms with van der Waals surface area (Å²) in [4.78, 5) is 27.0. The van der Waals surface area contributed by atoms with Crippen molar-refractivity contribution in [1.82, 2.24) is 20.4 Å². The number of hydrogen-bond acceptors (Lipinski definition) is 3. The van der Waals surface area contributed by atoms with Crippen LogP contribution in [-0.4, -0.2) is 40.0 Å². The molecule has 1 fully saturated rings. The molecule has 0 radical (unpaired) electrons. The van der Waals surface area contributed by atoms with E-state index < -0.39 is 0 Å². The lowest BCUT2D eigenvalue weighted by Gasteiger charge is -2.32. The molecule has 1 aromatic heterocycles. The SMILES string of the molecule is O=C(NCc1cn[nH]c1-c1ccccc1)C1CCC(=O)N(CCCc2ccccc2)C1. The zero-order chi connectivity index (χ0) is 21.5. The molecule has 31 heavy (non-hydrogen) atoms. The topological polar surface area (TPSA) is 78.1 Å². The Morgan fingerprint density at radius 3 is 2.61 bits per heavy atom. The zero-order valence-electron chi connectivity index (χ0n) is 17.6. The van der Waals surface area contributed by atoms with E-state index >= 15 is 0 Å². The van der Waals surface area contributed by atoms with E-state index in [4.69, 9.17) is 0 Å². The lowest BCUT2D eigenvalue weighted by Crippen LogP contribution is -2.46. The summed E-state index contributed by atoms with van der Waals surface area (Å²) in [6.45, 7) is 1.60. The number of H-pyrrole nitrogens is 1. The summed E-state index contributed by atoms with van der Waals surface area (Å²) >= 11 is 0. The molecule has 2 heterocycles. The third kappa shape index (κ3) is 5.40. The molecule has 0 aliphatic carbocycles. The van der Waals surface area contributed by atoms with Gasteiger partial charge in [-0.15, -0.1) is 0 Å². The first-order valence-corrected chi connectivity index (χ1v) is 10.9. The minimum absolute atomic E-state index is 0.000714. The molecule has 1 atom stereocenters. The highest BCUT2D eigenvalue weighted by atomic mass is 16.2. The molecule has 0 bridgehead atoms. The smallest absolute Gasteiger partial charge is 0.225 e. The molecule has 0 saturated carbocycles. The van der Waals surface area contributed by atoms with Crippen molar-refractivity contribution >= 4 is 11.8 Å². The fourth-order valence-corrected chi connectivity index (χ4v) is 4.09. The highest BCUT2D eigenvalue weighted by molar-refractivity contribution is 5.84. The Morgan fingerprint density at radius 2 is 1.84 bits per heavy atom. The van der Waals surface area contributed by atoms with E-state index in [9.17, 15) is 9.59 Å². The van der Waals surface area contributed by atoms with Gasteiger partial charge in [-0.1, -0.05) is 60.7 Å². The number of nitrogens with one attached hydrogen (secondary N) is 2. The fraction of sp³-hybridized carbons (Fsp3) is 0.320. The van der Waals surface area contributed by atoms with Crippen molar-refractivity contribution < 1.29 is 9.59 Å². The van der Waals surface area contributed by atoms with Crippen LogP contribution in [0.25, 0.3) is 11.3 Å². The van der Waals surface area contributed by atoms with Crippen molar-refractivity contribution in [3.8, 4) is 11.3 Å². The fourth-order valence-electron chi connectivity index (χ4n) is 4.09. The summed E-state index contributed by atoms with van der Waals surface area (Å²) in [7, 11) is 0. The van der Waals surface area contributed by atoms with Crippen LogP contribution in [0.5, 0.6) is 0 Å². The van der Waals surface area contributed by atoms with Crippen LogP contribution < -0.4 is 5.32 Å². The Kier molecular flexibility index (Phi) is 6.77. The molecule has 3 aromatic rings. The molecular weight excluding hydrogens is 388 g/mol. The number of nitrogens with zero attached hydrogens (tertiary/aromatic N) is 2. The molecule has 1 aliphatic rings. The molecule has 160 valence electrons. The van der Waals surface area contributed by atoms with Gasteiger partial charge in [-0.25, -0.2) is 0 Å². The Balaban J connectivity index is 1.29. The van der Waals surface area contributed by atoms with E-state index in [2.05, 4.69) is 27.6 Å². The number of aryl methyl sites for hydroxylation is 1. The number of likely N-dealkylation sites (tertiary alicyclic amines) is 1.